The number of urea groups is 1. The minimum atomic E-state index is 0.0526. The minimum absolute atomic E-state index is 0.0526. The van der Waals surface area contributed by atoms with Crippen LogP contribution in [0.25, 0.3) is 0 Å². The van der Waals surface area contributed by atoms with Crippen LogP contribution in [0.15, 0.2) is 35.3 Å². The van der Waals surface area contributed by atoms with Gasteiger partial charge in [-0.25, -0.2) is 4.79 Å². The average Bonchev–Trinajstić information content (AvgIpc) is 3.18. The van der Waals surface area contributed by atoms with Crippen molar-refractivity contribution in [3.05, 3.63) is 30.3 Å². The predicted molar refractivity (Wildman–Crippen MR) is 100 cm³/mol. The Kier molecular flexibility index (Phi) is 4.29. The van der Waals surface area contributed by atoms with E-state index in [4.69, 9.17) is 4.99 Å². The van der Waals surface area contributed by atoms with Crippen molar-refractivity contribution in [3.8, 4) is 0 Å². The fraction of sp³-hybridized carbons (Fsp3) is 0.579. The van der Waals surface area contributed by atoms with Crippen LogP contribution in [-0.2, 0) is 0 Å². The van der Waals surface area contributed by atoms with Crippen molar-refractivity contribution in [2.45, 2.75) is 51.6 Å². The minimum Gasteiger partial charge on any atom is -0.284 e. The molecule has 24 heavy (non-hydrogen) atoms. The summed E-state index contributed by atoms with van der Waals surface area (Å²) in [6.45, 7) is 4.15. The van der Waals surface area contributed by atoms with Gasteiger partial charge < -0.3 is 0 Å². The van der Waals surface area contributed by atoms with Crippen LogP contribution in [0.4, 0.5) is 10.5 Å². The highest BCUT2D eigenvalue weighted by atomic mass is 32.2. The molecule has 1 heterocycles. The zero-order valence-corrected chi connectivity index (χ0v) is 15.2. The van der Waals surface area contributed by atoms with Crippen molar-refractivity contribution in [1.82, 2.24) is 4.90 Å². The summed E-state index contributed by atoms with van der Waals surface area (Å²) < 4.78 is 0. The summed E-state index contributed by atoms with van der Waals surface area (Å²) in [5.74, 6) is 2.27. The third-order valence-corrected chi connectivity index (χ3v) is 6.47. The summed E-state index contributed by atoms with van der Waals surface area (Å²) >= 11 is 1.70. The van der Waals surface area contributed by atoms with Gasteiger partial charge in [-0.2, -0.15) is 0 Å². The van der Waals surface area contributed by atoms with Crippen molar-refractivity contribution in [3.63, 3.8) is 0 Å². The van der Waals surface area contributed by atoms with E-state index in [9.17, 15) is 4.79 Å². The molecule has 5 heteroatoms. The quantitative estimate of drug-likeness (QED) is 0.806. The normalized spacial score (nSPS) is 31.5. The zero-order chi connectivity index (χ0) is 16.7. The van der Waals surface area contributed by atoms with Crippen LogP contribution >= 0.6 is 11.8 Å². The second-order valence-electron chi connectivity index (χ2n) is 7.44. The lowest BCUT2D eigenvalue weighted by atomic mass is 9.96. The molecule has 1 aromatic rings. The molecular weight excluding hydrogens is 318 g/mol. The summed E-state index contributed by atoms with van der Waals surface area (Å²) in [7, 11) is 0. The molecule has 3 aliphatic rings. The van der Waals surface area contributed by atoms with Gasteiger partial charge in [0.05, 0.1) is 11.9 Å². The molecule has 1 aliphatic heterocycles. The van der Waals surface area contributed by atoms with Crippen LogP contribution in [0.1, 0.15) is 39.5 Å². The number of carbonyl (C=O) groups excluding carboxylic acids is 1. The van der Waals surface area contributed by atoms with E-state index in [1.54, 1.807) is 11.8 Å². The van der Waals surface area contributed by atoms with Gasteiger partial charge in [-0.05, 0) is 57.1 Å². The first-order valence-corrected chi connectivity index (χ1v) is 9.98. The number of anilines is 1. The fourth-order valence-corrected chi connectivity index (χ4v) is 5.45. The second-order valence-corrected chi connectivity index (χ2v) is 8.35. The number of carbonyl (C=O) groups is 1. The van der Waals surface area contributed by atoms with E-state index in [1.807, 2.05) is 40.1 Å². The summed E-state index contributed by atoms with van der Waals surface area (Å²) in [5.41, 5.74) is 0.958. The molecule has 0 spiro atoms. The number of para-hydroxylation sites is 1. The highest BCUT2D eigenvalue weighted by Gasteiger charge is 2.41. The first-order chi connectivity index (χ1) is 11.6. The maximum atomic E-state index is 13.1. The molecule has 3 fully saturated rings. The number of amides is 2. The molecule has 1 saturated heterocycles. The monoisotopic (exact) mass is 343 g/mol. The Morgan fingerprint density at radius 1 is 1.17 bits per heavy atom. The van der Waals surface area contributed by atoms with E-state index in [2.05, 4.69) is 13.8 Å². The van der Waals surface area contributed by atoms with E-state index >= 15 is 0 Å². The second kappa shape index (κ2) is 6.43. The van der Waals surface area contributed by atoms with Gasteiger partial charge >= 0.3 is 6.03 Å². The number of fused-ring (bicyclic) bond motifs is 2. The van der Waals surface area contributed by atoms with E-state index in [-0.39, 0.29) is 12.1 Å². The van der Waals surface area contributed by atoms with E-state index in [0.717, 1.165) is 22.7 Å². The largest absolute Gasteiger partial charge is 0.331 e. The SMILES string of the molecule is CC(C)N1C(=O)N(c2ccccc2)CS/C1=N/[C@@H]1C[C@@H]2CC[C@H]1C2. The van der Waals surface area contributed by atoms with E-state index in [0.29, 0.717) is 11.9 Å². The molecule has 0 aromatic heterocycles. The van der Waals surface area contributed by atoms with Gasteiger partial charge in [0.15, 0.2) is 5.17 Å². The molecule has 4 nitrogen and oxygen atoms in total. The molecule has 2 amide bonds. The van der Waals surface area contributed by atoms with Gasteiger partial charge in [0.25, 0.3) is 0 Å². The highest BCUT2D eigenvalue weighted by Crippen LogP contribution is 2.46. The van der Waals surface area contributed by atoms with Crippen LogP contribution < -0.4 is 4.90 Å². The van der Waals surface area contributed by atoms with Crippen LogP contribution in [0, 0.1) is 11.8 Å². The Hall–Kier alpha value is -1.49. The molecule has 0 radical (unpaired) electrons. The predicted octanol–water partition coefficient (Wildman–Crippen LogP) is 4.57. The summed E-state index contributed by atoms with van der Waals surface area (Å²) in [5, 5.41) is 0.930. The van der Waals surface area contributed by atoms with Crippen LogP contribution in [0.5, 0.6) is 0 Å². The Balaban J connectivity index is 1.58. The molecule has 2 saturated carbocycles. The Morgan fingerprint density at radius 3 is 2.58 bits per heavy atom. The fourth-order valence-electron chi connectivity index (χ4n) is 4.30. The third-order valence-electron chi connectivity index (χ3n) is 5.53. The molecule has 1 aromatic carbocycles. The van der Waals surface area contributed by atoms with Crippen LogP contribution in [0.3, 0.4) is 0 Å². The summed E-state index contributed by atoms with van der Waals surface area (Å²) in [4.78, 5) is 21.9. The van der Waals surface area contributed by atoms with Crippen LogP contribution in [-0.4, -0.2) is 34.1 Å². The van der Waals surface area contributed by atoms with Crippen LogP contribution in [0.2, 0.25) is 0 Å². The number of hydrogen-bond donors (Lipinski definition) is 0. The Morgan fingerprint density at radius 2 is 1.96 bits per heavy atom. The number of benzene rings is 1. The maximum absolute atomic E-state index is 13.1. The Bertz CT molecular complexity index is 645. The molecule has 0 N–H and O–H groups in total. The van der Waals surface area contributed by atoms with Crippen molar-refractivity contribution < 1.29 is 4.79 Å². The lowest BCUT2D eigenvalue weighted by molar-refractivity contribution is 0.220. The average molecular weight is 343 g/mol. The van der Waals surface area contributed by atoms with Crippen molar-refractivity contribution in [2.75, 3.05) is 10.8 Å². The number of aliphatic imine (C=N–C) groups is 1. The van der Waals surface area contributed by atoms with Crippen molar-refractivity contribution >= 4 is 28.6 Å². The van der Waals surface area contributed by atoms with Crippen molar-refractivity contribution in [1.29, 1.82) is 0 Å². The molecular formula is C19H25N3OS. The highest BCUT2D eigenvalue weighted by molar-refractivity contribution is 8.14. The lowest BCUT2D eigenvalue weighted by Gasteiger charge is -2.38. The smallest absolute Gasteiger partial charge is 0.284 e. The summed E-state index contributed by atoms with van der Waals surface area (Å²) in [6.07, 6.45) is 5.27. The van der Waals surface area contributed by atoms with Gasteiger partial charge in [0.2, 0.25) is 0 Å². The number of thioether (sulfide) groups is 1. The molecule has 2 bridgehead atoms. The van der Waals surface area contributed by atoms with Gasteiger partial charge in [-0.15, -0.1) is 0 Å². The summed E-state index contributed by atoms with van der Waals surface area (Å²) in [6, 6.07) is 10.5. The van der Waals surface area contributed by atoms with Gasteiger partial charge in [-0.1, -0.05) is 36.4 Å². The molecule has 128 valence electrons. The maximum Gasteiger partial charge on any atom is 0.331 e. The molecule has 3 atom stereocenters. The topological polar surface area (TPSA) is 35.9 Å². The van der Waals surface area contributed by atoms with Gasteiger partial charge in [0, 0.05) is 11.7 Å². The number of hydrogen-bond acceptors (Lipinski definition) is 3. The van der Waals surface area contributed by atoms with Gasteiger partial charge in [0.1, 0.15) is 0 Å². The molecule has 4 rings (SSSR count). The van der Waals surface area contributed by atoms with Gasteiger partial charge in [-0.3, -0.25) is 14.8 Å². The first kappa shape index (κ1) is 16.0. The number of rotatable bonds is 3. The third kappa shape index (κ3) is 2.83. The molecule has 2 aliphatic carbocycles. The van der Waals surface area contributed by atoms with E-state index in [1.165, 1.54) is 25.7 Å². The van der Waals surface area contributed by atoms with E-state index < -0.39 is 0 Å². The zero-order valence-electron chi connectivity index (χ0n) is 14.4. The molecule has 0 unspecified atom stereocenters. The lowest BCUT2D eigenvalue weighted by Crippen LogP contribution is -2.53. The Labute approximate surface area is 148 Å². The number of amidine groups is 1. The van der Waals surface area contributed by atoms with Crippen molar-refractivity contribution in [2.24, 2.45) is 16.8 Å². The number of nitrogens with zero attached hydrogens (tertiary/aromatic N) is 3. The standard InChI is InChI=1S/C19H25N3OS/c1-13(2)22-18(20-17-11-14-8-9-15(17)10-14)24-12-21(19(22)23)16-6-4-3-5-7-16/h3-7,13-15,17H,8-12H2,1-2H3/b20-18+/t14-,15+,17-/m1/s1. The first-order valence-electron chi connectivity index (χ1n) is 9.00.